The molecule has 1 rings (SSSR count). The summed E-state index contributed by atoms with van der Waals surface area (Å²) in [5.41, 5.74) is -1.13. The van der Waals surface area contributed by atoms with E-state index in [4.69, 9.17) is 0 Å². The van der Waals surface area contributed by atoms with E-state index in [1.807, 2.05) is 6.92 Å². The summed E-state index contributed by atoms with van der Waals surface area (Å²) in [4.78, 5) is 11.3. The molecule has 0 spiro atoms. The Morgan fingerprint density at radius 3 is 2.47 bits per heavy atom. The Bertz CT molecular complexity index is 320. The van der Waals surface area contributed by atoms with E-state index >= 15 is 0 Å². The molecule has 19 heavy (non-hydrogen) atoms. The predicted molar refractivity (Wildman–Crippen MR) is 65.9 cm³/mol. The molecule has 0 aromatic heterocycles. The van der Waals surface area contributed by atoms with Crippen LogP contribution >= 0.6 is 0 Å². The van der Waals surface area contributed by atoms with Crippen LogP contribution in [-0.2, 0) is 4.79 Å². The molecule has 1 fully saturated rings. The van der Waals surface area contributed by atoms with Gasteiger partial charge in [0, 0.05) is 6.04 Å². The van der Waals surface area contributed by atoms with Gasteiger partial charge in [0.1, 0.15) is 5.54 Å². The Kier molecular flexibility index (Phi) is 5.24. The van der Waals surface area contributed by atoms with Crippen LogP contribution in [0.4, 0.5) is 13.2 Å². The molecule has 0 amide bonds. The number of carbonyl (C=O) groups is 1. The quantitative estimate of drug-likeness (QED) is 0.812. The van der Waals surface area contributed by atoms with Gasteiger partial charge in [-0.25, -0.2) is 0 Å². The molecule has 0 bridgehead atoms. The van der Waals surface area contributed by atoms with Crippen molar-refractivity contribution in [2.45, 2.75) is 70.1 Å². The third-order valence-corrected chi connectivity index (χ3v) is 3.88. The maximum absolute atomic E-state index is 12.7. The largest absolute Gasteiger partial charge is 0.480 e. The Hall–Kier alpha value is -0.780. The van der Waals surface area contributed by atoms with Crippen molar-refractivity contribution in [1.29, 1.82) is 0 Å². The summed E-state index contributed by atoms with van der Waals surface area (Å²) in [5.74, 6) is -2.30. The number of alkyl halides is 3. The van der Waals surface area contributed by atoms with Gasteiger partial charge in [-0.3, -0.25) is 10.1 Å². The molecule has 0 aromatic carbocycles. The Balaban J connectivity index is 2.67. The highest BCUT2D eigenvalue weighted by atomic mass is 19.4. The highest BCUT2D eigenvalue weighted by Gasteiger charge is 2.44. The lowest BCUT2D eigenvalue weighted by molar-refractivity contribution is -0.184. The van der Waals surface area contributed by atoms with Crippen molar-refractivity contribution in [3.8, 4) is 0 Å². The molecule has 3 unspecified atom stereocenters. The second-order valence-corrected chi connectivity index (χ2v) is 5.63. The van der Waals surface area contributed by atoms with E-state index in [0.29, 0.717) is 25.7 Å². The molecular formula is C13H22F3NO2. The number of halogens is 3. The van der Waals surface area contributed by atoms with Gasteiger partial charge in [-0.05, 0) is 32.6 Å². The van der Waals surface area contributed by atoms with Crippen molar-refractivity contribution >= 4 is 5.97 Å². The zero-order chi connectivity index (χ0) is 14.7. The molecule has 0 saturated heterocycles. The van der Waals surface area contributed by atoms with Gasteiger partial charge in [-0.15, -0.1) is 0 Å². The predicted octanol–water partition coefficient (Wildman–Crippen LogP) is 3.34. The van der Waals surface area contributed by atoms with Gasteiger partial charge < -0.3 is 5.11 Å². The standard InChI is InChI=1S/C13H22F3NO2/c1-3-7-12(2,11(18)19)17-10-6-4-5-9(8-10)13(14,15)16/h9-10,17H,3-8H2,1-2H3,(H,18,19). The second kappa shape index (κ2) is 6.11. The average Bonchev–Trinajstić information content (AvgIpc) is 2.28. The number of carboxylic acids is 1. The first kappa shape index (κ1) is 16.3. The van der Waals surface area contributed by atoms with Gasteiger partial charge in [0.25, 0.3) is 0 Å². The number of hydrogen-bond acceptors (Lipinski definition) is 2. The molecule has 3 nitrogen and oxygen atoms in total. The number of nitrogens with one attached hydrogen (secondary N) is 1. The Morgan fingerprint density at radius 1 is 1.37 bits per heavy atom. The lowest BCUT2D eigenvalue weighted by Gasteiger charge is -2.36. The highest BCUT2D eigenvalue weighted by molar-refractivity contribution is 5.78. The summed E-state index contributed by atoms with van der Waals surface area (Å²) in [6.07, 6.45) is -1.86. The third kappa shape index (κ3) is 4.37. The lowest BCUT2D eigenvalue weighted by atomic mass is 9.83. The van der Waals surface area contributed by atoms with E-state index in [2.05, 4.69) is 5.32 Å². The van der Waals surface area contributed by atoms with Gasteiger partial charge >= 0.3 is 12.1 Å². The molecule has 1 aliphatic rings. The van der Waals surface area contributed by atoms with E-state index in [-0.39, 0.29) is 18.9 Å². The maximum Gasteiger partial charge on any atom is 0.391 e. The van der Waals surface area contributed by atoms with Crippen molar-refractivity contribution in [1.82, 2.24) is 5.32 Å². The maximum atomic E-state index is 12.7. The van der Waals surface area contributed by atoms with Crippen LogP contribution in [0.2, 0.25) is 0 Å². The molecule has 112 valence electrons. The lowest BCUT2D eigenvalue weighted by Crippen LogP contribution is -2.55. The van der Waals surface area contributed by atoms with Crippen LogP contribution in [0.15, 0.2) is 0 Å². The van der Waals surface area contributed by atoms with E-state index in [0.717, 1.165) is 0 Å². The number of carboxylic acid groups (broad SMARTS) is 1. The Labute approximate surface area is 111 Å². The topological polar surface area (TPSA) is 49.3 Å². The minimum atomic E-state index is -4.18. The zero-order valence-corrected chi connectivity index (χ0v) is 11.4. The molecule has 1 aliphatic carbocycles. The van der Waals surface area contributed by atoms with Crippen molar-refractivity contribution in [3.05, 3.63) is 0 Å². The van der Waals surface area contributed by atoms with Crippen molar-refractivity contribution in [2.75, 3.05) is 0 Å². The number of rotatable bonds is 5. The van der Waals surface area contributed by atoms with Crippen LogP contribution < -0.4 is 5.32 Å². The average molecular weight is 281 g/mol. The van der Waals surface area contributed by atoms with Crippen LogP contribution in [0.25, 0.3) is 0 Å². The Morgan fingerprint density at radius 2 is 2.00 bits per heavy atom. The summed E-state index contributed by atoms with van der Waals surface area (Å²) in [6.45, 7) is 3.41. The minimum Gasteiger partial charge on any atom is -0.480 e. The van der Waals surface area contributed by atoms with Crippen LogP contribution in [-0.4, -0.2) is 28.8 Å². The molecule has 0 aliphatic heterocycles. The SMILES string of the molecule is CCCC(C)(NC1CCCC(C(F)(F)F)C1)C(=O)O. The van der Waals surface area contributed by atoms with Crippen LogP contribution in [0.5, 0.6) is 0 Å². The second-order valence-electron chi connectivity index (χ2n) is 5.63. The van der Waals surface area contributed by atoms with Gasteiger partial charge in [0.05, 0.1) is 5.92 Å². The fraction of sp³-hybridized carbons (Fsp3) is 0.923. The first-order valence-corrected chi connectivity index (χ1v) is 6.77. The molecule has 0 aromatic rings. The number of aliphatic carboxylic acids is 1. The summed E-state index contributed by atoms with van der Waals surface area (Å²) in [7, 11) is 0. The van der Waals surface area contributed by atoms with Crippen LogP contribution in [0.3, 0.4) is 0 Å². The van der Waals surface area contributed by atoms with Crippen molar-refractivity contribution in [3.63, 3.8) is 0 Å². The first-order valence-electron chi connectivity index (χ1n) is 6.77. The molecule has 1 saturated carbocycles. The van der Waals surface area contributed by atoms with E-state index in [1.165, 1.54) is 0 Å². The summed E-state index contributed by atoms with van der Waals surface area (Å²) >= 11 is 0. The number of hydrogen-bond donors (Lipinski definition) is 2. The van der Waals surface area contributed by atoms with Gasteiger partial charge in [-0.2, -0.15) is 13.2 Å². The molecular weight excluding hydrogens is 259 g/mol. The molecule has 6 heteroatoms. The monoisotopic (exact) mass is 281 g/mol. The fourth-order valence-electron chi connectivity index (χ4n) is 2.81. The van der Waals surface area contributed by atoms with Gasteiger partial charge in [-0.1, -0.05) is 19.8 Å². The van der Waals surface area contributed by atoms with Crippen LogP contribution in [0, 0.1) is 5.92 Å². The highest BCUT2D eigenvalue weighted by Crippen LogP contribution is 2.38. The summed E-state index contributed by atoms with van der Waals surface area (Å²) < 4.78 is 38.1. The van der Waals surface area contributed by atoms with E-state index in [1.54, 1.807) is 6.92 Å². The van der Waals surface area contributed by atoms with E-state index < -0.39 is 23.6 Å². The normalized spacial score (nSPS) is 27.8. The van der Waals surface area contributed by atoms with Gasteiger partial charge in [0.2, 0.25) is 0 Å². The molecule has 0 heterocycles. The van der Waals surface area contributed by atoms with Crippen molar-refractivity contribution in [2.24, 2.45) is 5.92 Å². The first-order chi connectivity index (χ1) is 8.69. The fourth-order valence-corrected chi connectivity index (χ4v) is 2.81. The zero-order valence-electron chi connectivity index (χ0n) is 11.4. The molecule has 0 radical (unpaired) electrons. The van der Waals surface area contributed by atoms with Crippen molar-refractivity contribution < 1.29 is 23.1 Å². The van der Waals surface area contributed by atoms with Crippen LogP contribution in [0.1, 0.15) is 52.4 Å². The van der Waals surface area contributed by atoms with Gasteiger partial charge in [0.15, 0.2) is 0 Å². The molecule has 2 N–H and O–H groups in total. The smallest absolute Gasteiger partial charge is 0.391 e. The minimum absolute atomic E-state index is 0.0178. The summed E-state index contributed by atoms with van der Waals surface area (Å²) in [5, 5.41) is 12.2. The summed E-state index contributed by atoms with van der Waals surface area (Å²) in [6, 6.07) is -0.368. The molecule has 3 atom stereocenters. The third-order valence-electron chi connectivity index (χ3n) is 3.88. The van der Waals surface area contributed by atoms with E-state index in [9.17, 15) is 23.1 Å².